The molecule has 11 heteroatoms. The van der Waals surface area contributed by atoms with E-state index in [1.165, 1.54) is 19.2 Å². The maximum atomic E-state index is 13.6. The Labute approximate surface area is 181 Å². The van der Waals surface area contributed by atoms with Crippen molar-refractivity contribution in [3.8, 4) is 5.75 Å². The fraction of sp³-hybridized carbons (Fsp3) is 0.429. The highest BCUT2D eigenvalue weighted by Crippen LogP contribution is 2.45. The van der Waals surface area contributed by atoms with Gasteiger partial charge in [-0.05, 0) is 25.1 Å². The second-order valence-electron chi connectivity index (χ2n) is 7.15. The molecular formula is C21H23F5N2O4. The van der Waals surface area contributed by atoms with Crippen LogP contribution in [-0.4, -0.2) is 42.5 Å². The van der Waals surface area contributed by atoms with Crippen LogP contribution in [-0.2, 0) is 9.53 Å². The van der Waals surface area contributed by atoms with E-state index in [2.05, 4.69) is 10.3 Å². The monoisotopic (exact) mass is 462 g/mol. The molecule has 2 N–H and O–H groups in total. The van der Waals surface area contributed by atoms with Crippen molar-refractivity contribution in [2.45, 2.75) is 38.1 Å². The third-order valence-corrected chi connectivity index (χ3v) is 5.01. The first kappa shape index (κ1) is 25.5. The number of aliphatic hydroxyl groups is 1. The van der Waals surface area contributed by atoms with Gasteiger partial charge in [0.05, 0.1) is 25.5 Å². The Morgan fingerprint density at radius 3 is 2.53 bits per heavy atom. The summed E-state index contributed by atoms with van der Waals surface area (Å²) in [6.45, 7) is 2.77. The minimum atomic E-state index is -4.49. The van der Waals surface area contributed by atoms with Gasteiger partial charge in [0, 0.05) is 29.3 Å². The fourth-order valence-electron chi connectivity index (χ4n) is 3.37. The van der Waals surface area contributed by atoms with Crippen LogP contribution in [0.15, 0.2) is 30.5 Å². The third kappa shape index (κ3) is 5.92. The molecule has 1 saturated heterocycles. The molecule has 0 aliphatic carbocycles. The molecular weight excluding hydrogens is 439 g/mol. The summed E-state index contributed by atoms with van der Waals surface area (Å²) in [7, 11) is 1.14. The van der Waals surface area contributed by atoms with Crippen molar-refractivity contribution in [1.29, 1.82) is 0 Å². The second-order valence-corrected chi connectivity index (χ2v) is 7.15. The number of aliphatic hydroxyl groups excluding tert-OH is 1. The van der Waals surface area contributed by atoms with Gasteiger partial charge in [-0.15, -0.1) is 0 Å². The number of carbonyl (C=O) groups excluding carboxylic acids is 1. The van der Waals surface area contributed by atoms with E-state index in [0.29, 0.717) is 17.8 Å². The molecule has 1 aliphatic rings. The predicted molar refractivity (Wildman–Crippen MR) is 105 cm³/mol. The van der Waals surface area contributed by atoms with E-state index >= 15 is 0 Å². The lowest BCUT2D eigenvalue weighted by Crippen LogP contribution is -2.33. The number of pyridine rings is 1. The van der Waals surface area contributed by atoms with Gasteiger partial charge < -0.3 is 19.9 Å². The summed E-state index contributed by atoms with van der Waals surface area (Å²) < 4.78 is 74.5. The molecule has 0 saturated carbocycles. The maximum Gasteiger partial charge on any atom is 0.414 e. The fourth-order valence-corrected chi connectivity index (χ4v) is 3.37. The van der Waals surface area contributed by atoms with Crippen molar-refractivity contribution in [1.82, 2.24) is 4.98 Å². The number of benzene rings is 1. The van der Waals surface area contributed by atoms with Gasteiger partial charge >= 0.3 is 6.18 Å². The minimum Gasteiger partial charge on any atom is -0.493 e. The summed E-state index contributed by atoms with van der Waals surface area (Å²) in [6, 6.07) is 5.39. The molecule has 2 aromatic rings. The van der Waals surface area contributed by atoms with Crippen molar-refractivity contribution in [2.24, 2.45) is 5.92 Å². The summed E-state index contributed by atoms with van der Waals surface area (Å²) in [5, 5.41) is 11.6. The highest BCUT2D eigenvalue weighted by molar-refractivity contribution is 5.70. The van der Waals surface area contributed by atoms with Gasteiger partial charge in [0.25, 0.3) is 0 Å². The summed E-state index contributed by atoms with van der Waals surface area (Å²) in [5.74, 6) is -4.29. The van der Waals surface area contributed by atoms with E-state index < -0.39 is 41.9 Å². The van der Waals surface area contributed by atoms with E-state index in [9.17, 15) is 26.7 Å². The van der Waals surface area contributed by atoms with Crippen LogP contribution in [0.2, 0.25) is 0 Å². The number of hydrogen-bond acceptors (Lipinski definition) is 5. The lowest BCUT2D eigenvalue weighted by atomic mass is 9.86. The molecule has 2 heterocycles. The minimum absolute atomic E-state index is 0.186. The average molecular weight is 462 g/mol. The van der Waals surface area contributed by atoms with Crippen LogP contribution in [0.5, 0.6) is 5.75 Å². The quantitative estimate of drug-likeness (QED) is 0.510. The Morgan fingerprint density at radius 2 is 2.00 bits per heavy atom. The number of alkyl halides is 3. The van der Waals surface area contributed by atoms with Crippen LogP contribution >= 0.6 is 0 Å². The highest BCUT2D eigenvalue weighted by Gasteiger charge is 2.51. The lowest BCUT2D eigenvalue weighted by Gasteiger charge is -2.22. The summed E-state index contributed by atoms with van der Waals surface area (Å²) in [6.07, 6.45) is -4.89. The van der Waals surface area contributed by atoms with Crippen LogP contribution in [0, 0.1) is 17.6 Å². The first-order valence-corrected chi connectivity index (χ1v) is 9.55. The summed E-state index contributed by atoms with van der Waals surface area (Å²) in [5.41, 5.74) is 1.36. The zero-order chi connectivity index (χ0) is 24.1. The topological polar surface area (TPSA) is 80.7 Å². The molecule has 1 fully saturated rings. The number of hydrogen-bond donors (Lipinski definition) is 2. The first-order valence-electron chi connectivity index (χ1n) is 9.55. The molecule has 6 nitrogen and oxygen atoms in total. The predicted octanol–water partition coefficient (Wildman–Crippen LogP) is 4.36. The van der Waals surface area contributed by atoms with E-state index in [1.54, 1.807) is 19.1 Å². The SMILES string of the molecule is CC(O)c1cc(NC=O)ccn1.COc1c([C@@H]2CO[C@H](C(F)(F)F)[C@@H]2C)ccc(F)c1F. The Bertz CT molecular complexity index is 924. The molecule has 1 aromatic carbocycles. The number of methoxy groups -OCH3 is 1. The number of nitrogens with zero attached hydrogens (tertiary/aromatic N) is 1. The van der Waals surface area contributed by atoms with Crippen molar-refractivity contribution >= 4 is 12.1 Å². The largest absolute Gasteiger partial charge is 0.493 e. The Morgan fingerprint density at radius 1 is 1.31 bits per heavy atom. The van der Waals surface area contributed by atoms with Crippen LogP contribution < -0.4 is 10.1 Å². The molecule has 0 radical (unpaired) electrons. The number of ether oxygens (including phenoxy) is 2. The molecule has 1 amide bonds. The Kier molecular flexibility index (Phi) is 8.51. The number of rotatable bonds is 5. The molecule has 1 unspecified atom stereocenters. The van der Waals surface area contributed by atoms with Gasteiger partial charge in [0.2, 0.25) is 12.2 Å². The standard InChI is InChI=1S/C13H13F5O2.C8H10N2O2/c1-6-8(5-20-12(6)13(16,17)18)7-3-4-9(14)10(15)11(7)19-2;1-6(12)8-4-7(10-5-11)2-3-9-8/h3-4,6,8,12H,5H2,1-2H3;2-6,12H,1H3,(H,9,10,11)/t6-,8-,12+;/m1./s1. The normalized spacial score (nSPS) is 21.3. The number of amides is 1. The molecule has 0 bridgehead atoms. The van der Waals surface area contributed by atoms with Crippen LogP contribution in [0.3, 0.4) is 0 Å². The van der Waals surface area contributed by atoms with Crippen LogP contribution in [0.4, 0.5) is 27.6 Å². The van der Waals surface area contributed by atoms with E-state index in [0.717, 1.165) is 13.2 Å². The highest BCUT2D eigenvalue weighted by atomic mass is 19.4. The zero-order valence-electron chi connectivity index (χ0n) is 17.5. The Balaban J connectivity index is 0.000000258. The molecule has 4 atom stereocenters. The molecule has 32 heavy (non-hydrogen) atoms. The number of anilines is 1. The molecule has 1 aliphatic heterocycles. The van der Waals surface area contributed by atoms with Crippen LogP contribution in [0.25, 0.3) is 0 Å². The van der Waals surface area contributed by atoms with E-state index in [4.69, 9.17) is 14.6 Å². The van der Waals surface area contributed by atoms with Crippen LogP contribution in [0.1, 0.15) is 37.1 Å². The lowest BCUT2D eigenvalue weighted by molar-refractivity contribution is -0.215. The van der Waals surface area contributed by atoms with E-state index in [1.807, 2.05) is 0 Å². The van der Waals surface area contributed by atoms with Gasteiger partial charge in [0.15, 0.2) is 17.7 Å². The van der Waals surface area contributed by atoms with Crippen molar-refractivity contribution in [2.75, 3.05) is 19.0 Å². The molecule has 176 valence electrons. The van der Waals surface area contributed by atoms with Gasteiger partial charge in [-0.25, -0.2) is 4.39 Å². The molecule has 0 spiro atoms. The smallest absolute Gasteiger partial charge is 0.414 e. The van der Waals surface area contributed by atoms with Crippen molar-refractivity contribution < 1.29 is 41.3 Å². The van der Waals surface area contributed by atoms with Gasteiger partial charge in [-0.2, -0.15) is 17.6 Å². The van der Waals surface area contributed by atoms with Gasteiger partial charge in [0.1, 0.15) is 0 Å². The van der Waals surface area contributed by atoms with Gasteiger partial charge in [-0.1, -0.05) is 13.0 Å². The average Bonchev–Trinajstić information content (AvgIpc) is 3.12. The second kappa shape index (κ2) is 10.7. The maximum absolute atomic E-state index is 13.6. The number of nitrogens with one attached hydrogen (secondary N) is 1. The Hall–Kier alpha value is -2.79. The first-order chi connectivity index (χ1) is 15.0. The third-order valence-electron chi connectivity index (χ3n) is 5.01. The number of carbonyl (C=O) groups is 1. The zero-order valence-corrected chi connectivity index (χ0v) is 17.5. The molecule has 3 rings (SSSR count). The van der Waals surface area contributed by atoms with E-state index in [-0.39, 0.29) is 17.9 Å². The number of halogens is 5. The van der Waals surface area contributed by atoms with Crippen molar-refractivity contribution in [3.05, 3.63) is 53.4 Å². The number of aromatic nitrogens is 1. The van der Waals surface area contributed by atoms with Crippen molar-refractivity contribution in [3.63, 3.8) is 0 Å². The summed E-state index contributed by atoms with van der Waals surface area (Å²) >= 11 is 0. The molecule has 1 aromatic heterocycles. The van der Waals surface area contributed by atoms with Gasteiger partial charge in [-0.3, -0.25) is 9.78 Å². The summed E-state index contributed by atoms with van der Waals surface area (Å²) in [4.78, 5) is 14.0.